The number of aromatic nitrogens is 2. The molecule has 2 N–H and O–H groups in total. The summed E-state index contributed by atoms with van der Waals surface area (Å²) < 4.78 is 4.62. The summed E-state index contributed by atoms with van der Waals surface area (Å²) >= 11 is 4.96. The molecule has 0 saturated carbocycles. The van der Waals surface area contributed by atoms with Crippen molar-refractivity contribution in [1.82, 2.24) is 9.97 Å². The summed E-state index contributed by atoms with van der Waals surface area (Å²) in [6.45, 7) is 5.28. The lowest BCUT2D eigenvalue weighted by atomic mass is 10.1. The summed E-state index contributed by atoms with van der Waals surface area (Å²) in [5, 5.41) is 0. The Bertz CT molecular complexity index is 467. The minimum atomic E-state index is -0.507. The van der Waals surface area contributed by atoms with Crippen LogP contribution in [0.2, 0.25) is 0 Å². The first-order chi connectivity index (χ1) is 8.99. The standard InChI is InChI=1S/C12H18N4O2S/c1-4-16(7-8(2)11(13)19)10-6-14-5-9(15-10)12(17)18-3/h5-6,8H,4,7H2,1-3H3,(H2,13,19). The van der Waals surface area contributed by atoms with Gasteiger partial charge in [0, 0.05) is 19.0 Å². The van der Waals surface area contributed by atoms with E-state index in [-0.39, 0.29) is 11.6 Å². The van der Waals surface area contributed by atoms with E-state index in [1.54, 1.807) is 6.20 Å². The van der Waals surface area contributed by atoms with Crippen LogP contribution in [0, 0.1) is 5.92 Å². The van der Waals surface area contributed by atoms with Gasteiger partial charge in [0.25, 0.3) is 0 Å². The summed E-state index contributed by atoms with van der Waals surface area (Å²) in [4.78, 5) is 22.1. The van der Waals surface area contributed by atoms with Crippen LogP contribution >= 0.6 is 12.2 Å². The summed E-state index contributed by atoms with van der Waals surface area (Å²) in [5.74, 6) is 0.153. The van der Waals surface area contributed by atoms with Gasteiger partial charge in [-0.3, -0.25) is 4.98 Å². The van der Waals surface area contributed by atoms with Crippen LogP contribution in [0.25, 0.3) is 0 Å². The highest BCUT2D eigenvalue weighted by Crippen LogP contribution is 2.12. The molecule has 19 heavy (non-hydrogen) atoms. The molecule has 1 unspecified atom stereocenters. The average molecular weight is 282 g/mol. The van der Waals surface area contributed by atoms with Crippen molar-refractivity contribution in [3.63, 3.8) is 0 Å². The van der Waals surface area contributed by atoms with E-state index >= 15 is 0 Å². The number of thiocarbonyl (C=S) groups is 1. The molecule has 6 nitrogen and oxygen atoms in total. The lowest BCUT2D eigenvalue weighted by Gasteiger charge is -2.24. The summed E-state index contributed by atoms with van der Waals surface area (Å²) in [5.41, 5.74) is 5.79. The lowest BCUT2D eigenvalue weighted by molar-refractivity contribution is 0.0593. The monoisotopic (exact) mass is 282 g/mol. The normalized spacial score (nSPS) is 11.7. The number of rotatable bonds is 6. The SMILES string of the molecule is CCN(CC(C)C(N)=S)c1cncc(C(=O)OC)n1. The maximum atomic E-state index is 11.4. The van der Waals surface area contributed by atoms with Crippen molar-refractivity contribution >= 4 is 29.0 Å². The average Bonchev–Trinajstić information content (AvgIpc) is 2.43. The molecule has 0 aromatic carbocycles. The highest BCUT2D eigenvalue weighted by molar-refractivity contribution is 7.80. The van der Waals surface area contributed by atoms with Crippen molar-refractivity contribution in [1.29, 1.82) is 0 Å². The predicted molar refractivity (Wildman–Crippen MR) is 77.2 cm³/mol. The number of nitrogens with two attached hydrogens (primary N) is 1. The number of hydrogen-bond acceptors (Lipinski definition) is 6. The van der Waals surface area contributed by atoms with Crippen molar-refractivity contribution in [2.45, 2.75) is 13.8 Å². The Kier molecular flexibility index (Phi) is 5.62. The van der Waals surface area contributed by atoms with E-state index in [0.717, 1.165) is 0 Å². The Hall–Kier alpha value is -1.76. The summed E-state index contributed by atoms with van der Waals surface area (Å²) in [6, 6.07) is 0. The van der Waals surface area contributed by atoms with E-state index < -0.39 is 5.97 Å². The van der Waals surface area contributed by atoms with Crippen LogP contribution in [0.15, 0.2) is 12.4 Å². The third-order valence-corrected chi connectivity index (χ3v) is 3.10. The van der Waals surface area contributed by atoms with Crippen LogP contribution in [0.1, 0.15) is 24.3 Å². The van der Waals surface area contributed by atoms with E-state index in [0.29, 0.717) is 23.9 Å². The van der Waals surface area contributed by atoms with Crippen molar-refractivity contribution in [3.05, 3.63) is 18.1 Å². The Morgan fingerprint density at radius 3 is 2.79 bits per heavy atom. The molecule has 1 heterocycles. The van der Waals surface area contributed by atoms with Gasteiger partial charge in [-0.25, -0.2) is 9.78 Å². The molecule has 7 heteroatoms. The zero-order valence-electron chi connectivity index (χ0n) is 11.3. The quantitative estimate of drug-likeness (QED) is 0.616. The molecule has 104 valence electrons. The fourth-order valence-corrected chi connectivity index (χ4v) is 1.59. The minimum absolute atomic E-state index is 0.0542. The molecule has 0 aliphatic carbocycles. The Morgan fingerprint density at radius 1 is 1.58 bits per heavy atom. The minimum Gasteiger partial charge on any atom is -0.464 e. The molecule has 1 aromatic heterocycles. The zero-order chi connectivity index (χ0) is 14.4. The van der Waals surface area contributed by atoms with Crippen LogP contribution in [0.4, 0.5) is 5.82 Å². The molecule has 1 rings (SSSR count). The molecule has 1 atom stereocenters. The van der Waals surface area contributed by atoms with E-state index in [2.05, 4.69) is 14.7 Å². The second kappa shape index (κ2) is 6.98. The van der Waals surface area contributed by atoms with Gasteiger partial charge < -0.3 is 15.4 Å². The van der Waals surface area contributed by atoms with Gasteiger partial charge >= 0.3 is 5.97 Å². The van der Waals surface area contributed by atoms with Crippen molar-refractivity contribution in [3.8, 4) is 0 Å². The van der Waals surface area contributed by atoms with Gasteiger partial charge in [0.2, 0.25) is 0 Å². The molecule has 0 spiro atoms. The molecule has 1 aromatic rings. The van der Waals surface area contributed by atoms with Crippen molar-refractivity contribution in [2.75, 3.05) is 25.1 Å². The number of carbonyl (C=O) groups excluding carboxylic acids is 1. The maximum absolute atomic E-state index is 11.4. The number of hydrogen-bond donors (Lipinski definition) is 1. The first kappa shape index (κ1) is 15.3. The van der Waals surface area contributed by atoms with Gasteiger partial charge in [-0.2, -0.15) is 0 Å². The predicted octanol–water partition coefficient (Wildman–Crippen LogP) is 1.01. The molecule has 0 aliphatic rings. The number of anilines is 1. The number of esters is 1. The molecule has 0 amide bonds. The fraction of sp³-hybridized carbons (Fsp3) is 0.500. The Labute approximate surface area is 118 Å². The van der Waals surface area contributed by atoms with Gasteiger partial charge in [0.15, 0.2) is 5.69 Å². The van der Waals surface area contributed by atoms with Crippen LogP contribution < -0.4 is 10.6 Å². The molecule has 0 saturated heterocycles. The molecule has 0 fully saturated rings. The van der Waals surface area contributed by atoms with Crippen LogP contribution in [-0.4, -0.2) is 41.1 Å². The molecule has 0 aliphatic heterocycles. The van der Waals surface area contributed by atoms with Crippen LogP contribution in [0.3, 0.4) is 0 Å². The topological polar surface area (TPSA) is 81.3 Å². The maximum Gasteiger partial charge on any atom is 0.358 e. The van der Waals surface area contributed by atoms with E-state index in [1.165, 1.54) is 13.3 Å². The first-order valence-electron chi connectivity index (χ1n) is 5.94. The molecule has 0 bridgehead atoms. The van der Waals surface area contributed by atoms with Gasteiger partial charge in [-0.15, -0.1) is 0 Å². The van der Waals surface area contributed by atoms with E-state index in [1.807, 2.05) is 18.7 Å². The zero-order valence-corrected chi connectivity index (χ0v) is 12.1. The summed E-state index contributed by atoms with van der Waals surface area (Å²) in [6.07, 6.45) is 2.97. The number of ether oxygens (including phenoxy) is 1. The van der Waals surface area contributed by atoms with Crippen molar-refractivity contribution < 1.29 is 9.53 Å². The van der Waals surface area contributed by atoms with E-state index in [4.69, 9.17) is 18.0 Å². The third-order valence-electron chi connectivity index (χ3n) is 2.70. The smallest absolute Gasteiger partial charge is 0.358 e. The van der Waals surface area contributed by atoms with Gasteiger partial charge in [0.1, 0.15) is 5.82 Å². The lowest BCUT2D eigenvalue weighted by Crippen LogP contribution is -2.34. The fourth-order valence-electron chi connectivity index (χ4n) is 1.52. The first-order valence-corrected chi connectivity index (χ1v) is 6.35. The Balaban J connectivity index is 2.92. The van der Waals surface area contributed by atoms with Crippen molar-refractivity contribution in [2.24, 2.45) is 11.7 Å². The van der Waals surface area contributed by atoms with Crippen LogP contribution in [-0.2, 0) is 4.74 Å². The Morgan fingerprint density at radius 2 is 2.26 bits per heavy atom. The number of nitrogens with zero attached hydrogens (tertiary/aromatic N) is 3. The molecular weight excluding hydrogens is 264 g/mol. The highest BCUT2D eigenvalue weighted by atomic mass is 32.1. The highest BCUT2D eigenvalue weighted by Gasteiger charge is 2.15. The van der Waals surface area contributed by atoms with Gasteiger partial charge in [-0.05, 0) is 6.92 Å². The van der Waals surface area contributed by atoms with E-state index in [9.17, 15) is 4.79 Å². The van der Waals surface area contributed by atoms with Crippen LogP contribution in [0.5, 0.6) is 0 Å². The second-order valence-electron chi connectivity index (χ2n) is 4.10. The molecular formula is C12H18N4O2S. The second-order valence-corrected chi connectivity index (χ2v) is 4.57. The molecule has 0 radical (unpaired) electrons. The summed E-state index contributed by atoms with van der Waals surface area (Å²) in [7, 11) is 1.31. The number of methoxy groups -OCH3 is 1. The largest absolute Gasteiger partial charge is 0.464 e. The third kappa shape index (κ3) is 4.13. The van der Waals surface area contributed by atoms with Gasteiger partial charge in [0.05, 0.1) is 24.5 Å². The van der Waals surface area contributed by atoms with Gasteiger partial charge in [-0.1, -0.05) is 19.1 Å². The number of carbonyl (C=O) groups is 1.